The molecule has 0 heterocycles. The number of hydrogen-bond donors (Lipinski definition) is 0. The number of esters is 1. The van der Waals surface area contributed by atoms with Gasteiger partial charge < -0.3 is 4.74 Å². The number of nitriles is 1. The molecule has 1 aromatic rings. The third-order valence-corrected chi connectivity index (χ3v) is 3.51. The zero-order chi connectivity index (χ0) is 14.3. The molecule has 0 aliphatic heterocycles. The molecule has 0 spiro atoms. The lowest BCUT2D eigenvalue weighted by atomic mass is 10.1. The van der Waals surface area contributed by atoms with Crippen LogP contribution in [0.1, 0.15) is 38.0 Å². The molecular weight excluding hydrogens is 258 g/mol. The van der Waals surface area contributed by atoms with Crippen LogP contribution in [0, 0.1) is 11.3 Å². The van der Waals surface area contributed by atoms with E-state index in [1.807, 2.05) is 51.1 Å². The number of carbonyl (C=O) groups excluding carboxylic acids is 1. The van der Waals surface area contributed by atoms with Gasteiger partial charge in [-0.3, -0.25) is 4.79 Å². The number of benzene rings is 1. The molecule has 0 bridgehead atoms. The molecule has 0 aromatic heterocycles. The van der Waals surface area contributed by atoms with Crippen LogP contribution in [0.4, 0.5) is 0 Å². The summed E-state index contributed by atoms with van der Waals surface area (Å²) >= 11 is 1.45. The van der Waals surface area contributed by atoms with Gasteiger partial charge in [0.1, 0.15) is 5.60 Å². The van der Waals surface area contributed by atoms with Crippen LogP contribution in [0.5, 0.6) is 0 Å². The van der Waals surface area contributed by atoms with Gasteiger partial charge in [-0.15, -0.1) is 11.8 Å². The molecule has 0 saturated carbocycles. The maximum Gasteiger partial charge on any atom is 0.316 e. The maximum atomic E-state index is 11.7. The van der Waals surface area contributed by atoms with Crippen LogP contribution in [0.3, 0.4) is 0 Å². The number of rotatable bonds is 5. The summed E-state index contributed by atoms with van der Waals surface area (Å²) in [5.74, 6) is 0.0229. The van der Waals surface area contributed by atoms with E-state index in [0.717, 1.165) is 5.56 Å². The molecule has 0 amide bonds. The Bertz CT molecular complexity index is 445. The van der Waals surface area contributed by atoms with Gasteiger partial charge in [-0.05, 0) is 26.3 Å². The molecule has 0 N–H and O–H groups in total. The topological polar surface area (TPSA) is 50.1 Å². The van der Waals surface area contributed by atoms with Gasteiger partial charge in [-0.1, -0.05) is 30.3 Å². The van der Waals surface area contributed by atoms with Crippen molar-refractivity contribution >= 4 is 17.7 Å². The SMILES string of the molecule is CC(C)(C)OC(=O)CSC(CC#N)c1ccccc1. The summed E-state index contributed by atoms with van der Waals surface area (Å²) in [4.78, 5) is 11.7. The summed E-state index contributed by atoms with van der Waals surface area (Å²) in [7, 11) is 0. The molecular formula is C15H19NO2S. The van der Waals surface area contributed by atoms with Crippen molar-refractivity contribution < 1.29 is 9.53 Å². The largest absolute Gasteiger partial charge is 0.459 e. The minimum absolute atomic E-state index is 0.0127. The van der Waals surface area contributed by atoms with Crippen LogP contribution in [0.25, 0.3) is 0 Å². The minimum Gasteiger partial charge on any atom is -0.459 e. The molecule has 0 radical (unpaired) electrons. The first-order valence-corrected chi connectivity index (χ1v) is 7.22. The first-order valence-electron chi connectivity index (χ1n) is 6.18. The molecule has 19 heavy (non-hydrogen) atoms. The average Bonchev–Trinajstić information content (AvgIpc) is 2.33. The fraction of sp³-hybridized carbons (Fsp3) is 0.467. The van der Waals surface area contributed by atoms with E-state index < -0.39 is 5.60 Å². The first-order chi connectivity index (χ1) is 8.92. The van der Waals surface area contributed by atoms with Gasteiger partial charge in [-0.2, -0.15) is 5.26 Å². The molecule has 1 aromatic carbocycles. The van der Waals surface area contributed by atoms with Crippen molar-refractivity contribution in [2.24, 2.45) is 0 Å². The minimum atomic E-state index is -0.463. The first kappa shape index (κ1) is 15.6. The van der Waals surface area contributed by atoms with E-state index in [1.165, 1.54) is 11.8 Å². The summed E-state index contributed by atoms with van der Waals surface area (Å²) in [6, 6.07) is 11.9. The lowest BCUT2D eigenvalue weighted by Crippen LogP contribution is -2.25. The summed E-state index contributed by atoms with van der Waals surface area (Å²) in [6.45, 7) is 5.54. The molecule has 1 unspecified atom stereocenters. The van der Waals surface area contributed by atoms with Crippen molar-refractivity contribution in [1.82, 2.24) is 0 Å². The second-order valence-corrected chi connectivity index (χ2v) is 6.35. The smallest absolute Gasteiger partial charge is 0.316 e. The van der Waals surface area contributed by atoms with E-state index in [-0.39, 0.29) is 17.0 Å². The third kappa shape index (κ3) is 6.30. The fourth-order valence-corrected chi connectivity index (χ4v) is 2.50. The lowest BCUT2D eigenvalue weighted by molar-refractivity contribution is -0.151. The Morgan fingerprint density at radius 2 is 2.00 bits per heavy atom. The van der Waals surface area contributed by atoms with Crippen molar-refractivity contribution in [2.75, 3.05) is 5.75 Å². The van der Waals surface area contributed by atoms with Crippen LogP contribution in [-0.2, 0) is 9.53 Å². The van der Waals surface area contributed by atoms with Crippen molar-refractivity contribution in [3.05, 3.63) is 35.9 Å². The van der Waals surface area contributed by atoms with Crippen molar-refractivity contribution in [3.8, 4) is 6.07 Å². The van der Waals surface area contributed by atoms with E-state index >= 15 is 0 Å². The monoisotopic (exact) mass is 277 g/mol. The van der Waals surface area contributed by atoms with Crippen LogP contribution in [-0.4, -0.2) is 17.3 Å². The Morgan fingerprint density at radius 1 is 1.37 bits per heavy atom. The highest BCUT2D eigenvalue weighted by molar-refractivity contribution is 8.00. The third-order valence-electron chi connectivity index (χ3n) is 2.27. The van der Waals surface area contributed by atoms with E-state index in [9.17, 15) is 4.79 Å². The van der Waals surface area contributed by atoms with Crippen LogP contribution in [0.15, 0.2) is 30.3 Å². The zero-order valence-corrected chi connectivity index (χ0v) is 12.4. The van der Waals surface area contributed by atoms with E-state index in [0.29, 0.717) is 6.42 Å². The quantitative estimate of drug-likeness (QED) is 0.770. The molecule has 1 atom stereocenters. The number of nitrogens with zero attached hydrogens (tertiary/aromatic N) is 1. The van der Waals surface area contributed by atoms with E-state index in [1.54, 1.807) is 0 Å². The Hall–Kier alpha value is -1.47. The predicted octanol–water partition coefficient (Wildman–Crippen LogP) is 3.72. The summed E-state index contributed by atoms with van der Waals surface area (Å²) in [6.07, 6.45) is 0.386. The molecule has 3 nitrogen and oxygen atoms in total. The maximum absolute atomic E-state index is 11.7. The molecule has 1 rings (SSSR count). The zero-order valence-electron chi connectivity index (χ0n) is 11.6. The van der Waals surface area contributed by atoms with Crippen molar-refractivity contribution in [1.29, 1.82) is 5.26 Å². The number of ether oxygens (including phenoxy) is 1. The van der Waals surface area contributed by atoms with Gasteiger partial charge in [0.25, 0.3) is 0 Å². The summed E-state index contributed by atoms with van der Waals surface area (Å²) in [5.41, 5.74) is 0.604. The fourth-order valence-electron chi connectivity index (χ4n) is 1.56. The normalized spacial score (nSPS) is 12.5. The van der Waals surface area contributed by atoms with Gasteiger partial charge in [0.05, 0.1) is 18.2 Å². The highest BCUT2D eigenvalue weighted by atomic mass is 32.2. The highest BCUT2D eigenvalue weighted by Gasteiger charge is 2.19. The molecule has 0 aliphatic rings. The number of hydrogen-bond acceptors (Lipinski definition) is 4. The average molecular weight is 277 g/mol. The second-order valence-electron chi connectivity index (χ2n) is 5.16. The van der Waals surface area contributed by atoms with Gasteiger partial charge in [0.15, 0.2) is 0 Å². The van der Waals surface area contributed by atoms with Gasteiger partial charge in [0, 0.05) is 5.25 Å². The van der Waals surface area contributed by atoms with Crippen LogP contribution < -0.4 is 0 Å². The molecule has 0 aliphatic carbocycles. The second kappa shape index (κ2) is 7.20. The molecule has 4 heteroatoms. The van der Waals surface area contributed by atoms with Crippen molar-refractivity contribution in [2.45, 2.75) is 38.0 Å². The standard InChI is InChI=1S/C15H19NO2S/c1-15(2,3)18-14(17)11-19-13(9-10-16)12-7-5-4-6-8-12/h4-8,13H,9,11H2,1-3H3. The molecule has 0 fully saturated rings. The predicted molar refractivity (Wildman–Crippen MR) is 77.7 cm³/mol. The Kier molecular flexibility index (Phi) is 5.91. The molecule has 0 saturated heterocycles. The number of carbonyl (C=O) groups is 1. The van der Waals surface area contributed by atoms with Gasteiger partial charge in [0.2, 0.25) is 0 Å². The Balaban J connectivity index is 2.57. The van der Waals surface area contributed by atoms with Crippen molar-refractivity contribution in [3.63, 3.8) is 0 Å². The van der Waals surface area contributed by atoms with Crippen LogP contribution in [0.2, 0.25) is 0 Å². The van der Waals surface area contributed by atoms with E-state index in [4.69, 9.17) is 10.00 Å². The summed E-state index contributed by atoms with van der Waals surface area (Å²) in [5, 5.41) is 8.88. The van der Waals surface area contributed by atoms with E-state index in [2.05, 4.69) is 6.07 Å². The Morgan fingerprint density at radius 3 is 2.53 bits per heavy atom. The van der Waals surface area contributed by atoms with Gasteiger partial charge >= 0.3 is 5.97 Å². The molecule has 102 valence electrons. The highest BCUT2D eigenvalue weighted by Crippen LogP contribution is 2.31. The Labute approximate surface area is 119 Å². The lowest BCUT2D eigenvalue weighted by Gasteiger charge is -2.20. The van der Waals surface area contributed by atoms with Gasteiger partial charge in [-0.25, -0.2) is 0 Å². The van der Waals surface area contributed by atoms with Crippen LogP contribution >= 0.6 is 11.8 Å². The number of thioether (sulfide) groups is 1. The summed E-state index contributed by atoms with van der Waals surface area (Å²) < 4.78 is 5.26.